The molecule has 0 spiro atoms. The van der Waals surface area contributed by atoms with E-state index in [0.29, 0.717) is 5.92 Å². The SMILES string of the molecule is Brc1ccc2c(C3CCNCC3)occ2c1. The molecule has 0 aliphatic carbocycles. The molecule has 2 nitrogen and oxygen atoms in total. The van der Waals surface area contributed by atoms with Gasteiger partial charge in [-0.2, -0.15) is 0 Å². The van der Waals surface area contributed by atoms with Crippen LogP contribution >= 0.6 is 15.9 Å². The zero-order valence-electron chi connectivity index (χ0n) is 9.00. The topological polar surface area (TPSA) is 25.2 Å². The van der Waals surface area contributed by atoms with Gasteiger partial charge < -0.3 is 9.73 Å². The van der Waals surface area contributed by atoms with Gasteiger partial charge in [0.25, 0.3) is 0 Å². The van der Waals surface area contributed by atoms with Crippen molar-refractivity contribution in [2.24, 2.45) is 0 Å². The van der Waals surface area contributed by atoms with E-state index in [4.69, 9.17) is 4.42 Å². The van der Waals surface area contributed by atoms with Crippen molar-refractivity contribution in [1.29, 1.82) is 0 Å². The Morgan fingerprint density at radius 3 is 2.88 bits per heavy atom. The highest BCUT2D eigenvalue weighted by Gasteiger charge is 2.20. The number of furan rings is 1. The molecule has 1 aromatic heterocycles. The van der Waals surface area contributed by atoms with Crippen LogP contribution in [-0.4, -0.2) is 13.1 Å². The second kappa shape index (κ2) is 4.22. The van der Waals surface area contributed by atoms with Crippen LogP contribution in [0.1, 0.15) is 24.5 Å². The van der Waals surface area contributed by atoms with Crippen LogP contribution < -0.4 is 5.32 Å². The van der Waals surface area contributed by atoms with Crippen molar-refractivity contribution in [2.45, 2.75) is 18.8 Å². The highest BCUT2D eigenvalue weighted by Crippen LogP contribution is 2.33. The van der Waals surface area contributed by atoms with Crippen molar-refractivity contribution >= 4 is 26.7 Å². The third kappa shape index (κ3) is 1.78. The molecule has 1 aliphatic heterocycles. The summed E-state index contributed by atoms with van der Waals surface area (Å²) in [6.07, 6.45) is 4.23. The lowest BCUT2D eigenvalue weighted by Crippen LogP contribution is -2.26. The summed E-state index contributed by atoms with van der Waals surface area (Å²) in [5.41, 5.74) is 0. The summed E-state index contributed by atoms with van der Waals surface area (Å²) in [5, 5.41) is 5.86. The smallest absolute Gasteiger partial charge is 0.114 e. The molecular formula is C13H14BrNO. The van der Waals surface area contributed by atoms with E-state index in [1.165, 1.54) is 29.4 Å². The number of rotatable bonds is 1. The average Bonchev–Trinajstić information content (AvgIpc) is 2.73. The van der Waals surface area contributed by atoms with Crippen LogP contribution in [0.4, 0.5) is 0 Å². The molecule has 0 radical (unpaired) electrons. The lowest BCUT2D eigenvalue weighted by atomic mass is 9.93. The molecule has 0 bridgehead atoms. The minimum absolute atomic E-state index is 0.583. The second-order valence-corrected chi connectivity index (χ2v) is 5.27. The van der Waals surface area contributed by atoms with E-state index >= 15 is 0 Å². The molecule has 16 heavy (non-hydrogen) atoms. The van der Waals surface area contributed by atoms with E-state index < -0.39 is 0 Å². The molecule has 1 fully saturated rings. The fourth-order valence-corrected chi connectivity index (χ4v) is 2.82. The Kier molecular flexibility index (Phi) is 2.74. The van der Waals surface area contributed by atoms with Crippen molar-refractivity contribution in [2.75, 3.05) is 13.1 Å². The van der Waals surface area contributed by atoms with Gasteiger partial charge >= 0.3 is 0 Å². The minimum Gasteiger partial charge on any atom is -0.468 e. The lowest BCUT2D eigenvalue weighted by Gasteiger charge is -2.20. The van der Waals surface area contributed by atoms with Gasteiger partial charge in [-0.25, -0.2) is 0 Å². The van der Waals surface area contributed by atoms with Gasteiger partial charge in [0.1, 0.15) is 5.76 Å². The largest absolute Gasteiger partial charge is 0.468 e. The third-order valence-electron chi connectivity index (χ3n) is 3.30. The first-order chi connectivity index (χ1) is 7.84. The van der Waals surface area contributed by atoms with Crippen molar-refractivity contribution in [3.63, 3.8) is 0 Å². The molecule has 0 saturated carbocycles. The van der Waals surface area contributed by atoms with Crippen LogP contribution in [0, 0.1) is 0 Å². The van der Waals surface area contributed by atoms with Crippen molar-refractivity contribution in [3.8, 4) is 0 Å². The molecule has 1 aromatic carbocycles. The van der Waals surface area contributed by atoms with Gasteiger partial charge in [-0.1, -0.05) is 15.9 Å². The third-order valence-corrected chi connectivity index (χ3v) is 3.80. The Bertz CT molecular complexity index is 500. The average molecular weight is 280 g/mol. The van der Waals surface area contributed by atoms with Crippen LogP contribution in [0.5, 0.6) is 0 Å². The van der Waals surface area contributed by atoms with Crippen LogP contribution in [0.25, 0.3) is 10.8 Å². The first-order valence-electron chi connectivity index (χ1n) is 5.72. The van der Waals surface area contributed by atoms with E-state index in [9.17, 15) is 0 Å². The summed E-state index contributed by atoms with van der Waals surface area (Å²) >= 11 is 3.49. The van der Waals surface area contributed by atoms with Gasteiger partial charge in [-0.15, -0.1) is 0 Å². The summed E-state index contributed by atoms with van der Waals surface area (Å²) in [4.78, 5) is 0. The van der Waals surface area contributed by atoms with Gasteiger partial charge in [-0.3, -0.25) is 0 Å². The number of hydrogen-bond acceptors (Lipinski definition) is 2. The van der Waals surface area contributed by atoms with E-state index in [0.717, 1.165) is 17.6 Å². The molecule has 84 valence electrons. The maximum atomic E-state index is 5.76. The fourth-order valence-electron chi connectivity index (χ4n) is 2.45. The number of benzene rings is 1. The summed E-state index contributed by atoms with van der Waals surface area (Å²) in [6, 6.07) is 6.35. The molecular weight excluding hydrogens is 266 g/mol. The number of hydrogen-bond donors (Lipinski definition) is 1. The Labute approximate surface area is 103 Å². The van der Waals surface area contributed by atoms with Gasteiger partial charge in [0.2, 0.25) is 0 Å². The van der Waals surface area contributed by atoms with E-state index in [1.807, 2.05) is 6.26 Å². The molecule has 3 rings (SSSR count). The maximum absolute atomic E-state index is 5.76. The predicted molar refractivity (Wildman–Crippen MR) is 68.8 cm³/mol. The second-order valence-electron chi connectivity index (χ2n) is 4.36. The van der Waals surface area contributed by atoms with Crippen LogP contribution in [0.2, 0.25) is 0 Å². The standard InChI is InChI=1S/C13H14BrNO/c14-11-1-2-12-10(7-11)8-16-13(12)9-3-5-15-6-4-9/h1-2,7-9,15H,3-6H2. The molecule has 0 atom stereocenters. The Hall–Kier alpha value is -0.800. The summed E-state index contributed by atoms with van der Waals surface area (Å²) in [7, 11) is 0. The number of piperidine rings is 1. The molecule has 0 amide bonds. The monoisotopic (exact) mass is 279 g/mol. The molecule has 1 aliphatic rings. The van der Waals surface area contributed by atoms with Crippen LogP contribution in [0.15, 0.2) is 33.4 Å². The van der Waals surface area contributed by atoms with Gasteiger partial charge in [0.15, 0.2) is 0 Å². The van der Waals surface area contributed by atoms with E-state index in [1.54, 1.807) is 0 Å². The highest BCUT2D eigenvalue weighted by atomic mass is 79.9. The molecule has 0 unspecified atom stereocenters. The number of halogens is 1. The van der Waals surface area contributed by atoms with Crippen molar-refractivity contribution in [3.05, 3.63) is 34.7 Å². The van der Waals surface area contributed by atoms with Crippen molar-refractivity contribution < 1.29 is 4.42 Å². The number of fused-ring (bicyclic) bond motifs is 1. The summed E-state index contributed by atoms with van der Waals surface area (Å²) < 4.78 is 6.87. The Balaban J connectivity index is 2.03. The first-order valence-corrected chi connectivity index (χ1v) is 6.51. The fraction of sp³-hybridized carbons (Fsp3) is 0.385. The normalized spacial score (nSPS) is 18.1. The minimum atomic E-state index is 0.583. The lowest BCUT2D eigenvalue weighted by molar-refractivity contribution is 0.389. The first kappa shape index (κ1) is 10.4. The van der Waals surface area contributed by atoms with Gasteiger partial charge in [0.05, 0.1) is 6.26 Å². The van der Waals surface area contributed by atoms with Gasteiger partial charge in [0, 0.05) is 21.2 Å². The summed E-state index contributed by atoms with van der Waals surface area (Å²) in [6.45, 7) is 2.20. The summed E-state index contributed by atoms with van der Waals surface area (Å²) in [5.74, 6) is 1.75. The van der Waals surface area contributed by atoms with Crippen molar-refractivity contribution in [1.82, 2.24) is 5.32 Å². The molecule has 2 aromatic rings. The Morgan fingerprint density at radius 1 is 1.25 bits per heavy atom. The van der Waals surface area contributed by atoms with Gasteiger partial charge in [-0.05, 0) is 44.1 Å². The highest BCUT2D eigenvalue weighted by molar-refractivity contribution is 9.10. The predicted octanol–water partition coefficient (Wildman–Crippen LogP) is 3.66. The molecule has 3 heteroatoms. The van der Waals surface area contributed by atoms with E-state index in [-0.39, 0.29) is 0 Å². The quantitative estimate of drug-likeness (QED) is 0.862. The number of nitrogens with one attached hydrogen (secondary N) is 1. The van der Waals surface area contributed by atoms with E-state index in [2.05, 4.69) is 39.4 Å². The molecule has 1 saturated heterocycles. The molecule has 1 N–H and O–H groups in total. The zero-order chi connectivity index (χ0) is 11.0. The maximum Gasteiger partial charge on any atom is 0.114 e. The Morgan fingerprint density at radius 2 is 2.06 bits per heavy atom. The molecule has 2 heterocycles. The zero-order valence-corrected chi connectivity index (χ0v) is 10.6. The van der Waals surface area contributed by atoms with Crippen LogP contribution in [-0.2, 0) is 0 Å². The van der Waals surface area contributed by atoms with Crippen LogP contribution in [0.3, 0.4) is 0 Å².